The van der Waals surface area contributed by atoms with Gasteiger partial charge in [-0.2, -0.15) is 0 Å². The molecule has 0 aliphatic carbocycles. The fourth-order valence-electron chi connectivity index (χ4n) is 1.97. The second-order valence-electron chi connectivity index (χ2n) is 4.78. The lowest BCUT2D eigenvalue weighted by atomic mass is 10.1. The van der Waals surface area contributed by atoms with Gasteiger partial charge in [0.1, 0.15) is 5.69 Å². The number of carbonyl (C=O) groups is 2. The van der Waals surface area contributed by atoms with E-state index in [1.165, 1.54) is 25.4 Å². The van der Waals surface area contributed by atoms with Crippen LogP contribution in [-0.4, -0.2) is 24.0 Å². The largest absolute Gasteiger partial charge is 0.465 e. The molecule has 0 aliphatic rings. The molecule has 0 spiro atoms. The molecule has 1 amide bonds. The van der Waals surface area contributed by atoms with Gasteiger partial charge in [-0.15, -0.1) is 0 Å². The van der Waals surface area contributed by atoms with Crippen molar-refractivity contribution in [1.29, 1.82) is 0 Å². The Balaban J connectivity index is 2.10. The predicted octanol–water partition coefficient (Wildman–Crippen LogP) is 3.67. The molecule has 1 heterocycles. The number of nitrogens with one attached hydrogen (secondary N) is 1. The molecule has 23 heavy (non-hydrogen) atoms. The maximum absolute atomic E-state index is 12.2. The Morgan fingerprint density at radius 1 is 1.22 bits per heavy atom. The number of carbonyl (C=O) groups excluding carboxylic acids is 2. The number of esters is 1. The van der Waals surface area contributed by atoms with Crippen molar-refractivity contribution in [2.24, 2.45) is 0 Å². The van der Waals surface area contributed by atoms with E-state index in [-0.39, 0.29) is 23.2 Å². The molecule has 7 heteroatoms. The lowest BCUT2D eigenvalue weighted by Crippen LogP contribution is -2.27. The third kappa shape index (κ3) is 4.21. The Hall–Kier alpha value is -2.11. The number of hydrogen-bond acceptors (Lipinski definition) is 4. The van der Waals surface area contributed by atoms with E-state index in [4.69, 9.17) is 23.2 Å². The first kappa shape index (κ1) is 17.2. The van der Waals surface area contributed by atoms with E-state index in [9.17, 15) is 9.59 Å². The molecule has 1 aromatic carbocycles. The topological polar surface area (TPSA) is 68.3 Å². The minimum atomic E-state index is -0.509. The van der Waals surface area contributed by atoms with Gasteiger partial charge in [0.15, 0.2) is 0 Å². The van der Waals surface area contributed by atoms with E-state index in [0.717, 1.165) is 5.56 Å². The molecule has 120 valence electrons. The second-order valence-corrected chi connectivity index (χ2v) is 5.63. The first-order valence-electron chi connectivity index (χ1n) is 6.72. The van der Waals surface area contributed by atoms with Crippen LogP contribution in [0, 0.1) is 0 Å². The fourth-order valence-corrected chi connectivity index (χ4v) is 2.54. The second kappa shape index (κ2) is 7.44. The van der Waals surface area contributed by atoms with Crippen molar-refractivity contribution < 1.29 is 14.3 Å². The molecule has 0 aliphatic heterocycles. The van der Waals surface area contributed by atoms with Crippen LogP contribution in [0.25, 0.3) is 0 Å². The van der Waals surface area contributed by atoms with Crippen molar-refractivity contribution in [3.63, 3.8) is 0 Å². The molecule has 0 fully saturated rings. The SMILES string of the molecule is COC(=O)c1ccc(C(=O)N[C@@H](C)c2ccc(Cl)cc2Cl)nc1. The van der Waals surface area contributed by atoms with E-state index in [1.54, 1.807) is 25.1 Å². The van der Waals surface area contributed by atoms with Crippen molar-refractivity contribution in [3.8, 4) is 0 Å². The quantitative estimate of drug-likeness (QED) is 0.852. The summed E-state index contributed by atoms with van der Waals surface area (Å²) >= 11 is 12.0. The highest BCUT2D eigenvalue weighted by atomic mass is 35.5. The highest BCUT2D eigenvalue weighted by molar-refractivity contribution is 6.35. The standard InChI is InChI=1S/C16H14Cl2N2O3/c1-9(12-5-4-11(17)7-13(12)18)20-15(21)14-6-3-10(8-19-14)16(22)23-2/h3-9H,1-2H3,(H,20,21)/t9-/m0/s1. The Kier molecular flexibility index (Phi) is 5.58. The van der Waals surface area contributed by atoms with Crippen molar-refractivity contribution in [2.45, 2.75) is 13.0 Å². The summed E-state index contributed by atoms with van der Waals surface area (Å²) in [4.78, 5) is 27.5. The molecule has 0 unspecified atom stereocenters. The highest BCUT2D eigenvalue weighted by Gasteiger charge is 2.16. The fraction of sp³-hybridized carbons (Fsp3) is 0.188. The van der Waals surface area contributed by atoms with Crippen LogP contribution in [0.3, 0.4) is 0 Å². The maximum atomic E-state index is 12.2. The number of hydrogen-bond donors (Lipinski definition) is 1. The van der Waals surface area contributed by atoms with E-state index in [0.29, 0.717) is 10.0 Å². The Labute approximate surface area is 143 Å². The van der Waals surface area contributed by atoms with Crippen LogP contribution in [0.5, 0.6) is 0 Å². The zero-order chi connectivity index (χ0) is 17.0. The number of methoxy groups -OCH3 is 1. The van der Waals surface area contributed by atoms with Crippen molar-refractivity contribution in [3.05, 3.63) is 63.4 Å². The lowest BCUT2D eigenvalue weighted by Gasteiger charge is -2.15. The Morgan fingerprint density at radius 2 is 1.96 bits per heavy atom. The summed E-state index contributed by atoms with van der Waals surface area (Å²) < 4.78 is 4.58. The van der Waals surface area contributed by atoms with Crippen LogP contribution in [0.15, 0.2) is 36.5 Å². The molecule has 0 saturated heterocycles. The molecule has 2 aromatic rings. The third-order valence-electron chi connectivity index (χ3n) is 3.19. The van der Waals surface area contributed by atoms with Crippen LogP contribution >= 0.6 is 23.2 Å². The molecule has 0 bridgehead atoms. The van der Waals surface area contributed by atoms with E-state index in [2.05, 4.69) is 15.0 Å². The summed E-state index contributed by atoms with van der Waals surface area (Å²) in [7, 11) is 1.28. The smallest absolute Gasteiger partial charge is 0.339 e. The van der Waals surface area contributed by atoms with Gasteiger partial charge in [0.05, 0.1) is 18.7 Å². The van der Waals surface area contributed by atoms with Crippen LogP contribution in [0.2, 0.25) is 10.0 Å². The van der Waals surface area contributed by atoms with Crippen LogP contribution < -0.4 is 5.32 Å². The zero-order valence-electron chi connectivity index (χ0n) is 12.5. The number of amides is 1. The molecular formula is C16H14Cl2N2O3. The normalized spacial score (nSPS) is 11.7. The number of nitrogens with zero attached hydrogens (tertiary/aromatic N) is 1. The first-order valence-corrected chi connectivity index (χ1v) is 7.48. The number of halogens is 2. The highest BCUT2D eigenvalue weighted by Crippen LogP contribution is 2.26. The summed E-state index contributed by atoms with van der Waals surface area (Å²) in [5, 5.41) is 3.79. The Bertz CT molecular complexity index is 733. The average molecular weight is 353 g/mol. The van der Waals surface area contributed by atoms with Gasteiger partial charge in [0.2, 0.25) is 0 Å². The molecule has 1 aromatic heterocycles. The van der Waals surface area contributed by atoms with Crippen LogP contribution in [0.4, 0.5) is 0 Å². The lowest BCUT2D eigenvalue weighted by molar-refractivity contribution is 0.0599. The summed E-state index contributed by atoms with van der Waals surface area (Å²) in [6.45, 7) is 1.80. The molecule has 1 atom stereocenters. The number of pyridine rings is 1. The number of ether oxygens (including phenoxy) is 1. The van der Waals surface area contributed by atoms with Crippen molar-refractivity contribution >= 4 is 35.1 Å². The maximum Gasteiger partial charge on any atom is 0.339 e. The Morgan fingerprint density at radius 3 is 2.52 bits per heavy atom. The molecule has 0 radical (unpaired) electrons. The predicted molar refractivity (Wildman–Crippen MR) is 87.9 cm³/mol. The molecule has 2 rings (SSSR count). The average Bonchev–Trinajstić information content (AvgIpc) is 2.54. The van der Waals surface area contributed by atoms with Gasteiger partial charge in [-0.05, 0) is 36.8 Å². The van der Waals surface area contributed by atoms with Gasteiger partial charge < -0.3 is 10.1 Å². The third-order valence-corrected chi connectivity index (χ3v) is 3.76. The monoisotopic (exact) mass is 352 g/mol. The van der Waals surface area contributed by atoms with Gasteiger partial charge in [-0.25, -0.2) is 4.79 Å². The van der Waals surface area contributed by atoms with Gasteiger partial charge in [-0.1, -0.05) is 29.3 Å². The van der Waals surface area contributed by atoms with Crippen molar-refractivity contribution in [1.82, 2.24) is 10.3 Å². The number of rotatable bonds is 4. The summed E-state index contributed by atoms with van der Waals surface area (Å²) in [5.74, 6) is -0.884. The first-order chi connectivity index (χ1) is 10.9. The van der Waals surface area contributed by atoms with Gasteiger partial charge in [-0.3, -0.25) is 9.78 Å². The van der Waals surface area contributed by atoms with Gasteiger partial charge in [0.25, 0.3) is 5.91 Å². The summed E-state index contributed by atoms with van der Waals surface area (Å²) in [5.41, 5.74) is 1.21. The summed E-state index contributed by atoms with van der Waals surface area (Å²) in [6, 6.07) is 7.68. The number of aromatic nitrogens is 1. The van der Waals surface area contributed by atoms with Crippen LogP contribution in [-0.2, 0) is 4.74 Å². The van der Waals surface area contributed by atoms with Crippen molar-refractivity contribution in [2.75, 3.05) is 7.11 Å². The molecule has 5 nitrogen and oxygen atoms in total. The molecule has 1 N–H and O–H groups in total. The van der Waals surface area contributed by atoms with Crippen LogP contribution in [0.1, 0.15) is 39.4 Å². The molecule has 0 saturated carbocycles. The minimum Gasteiger partial charge on any atom is -0.465 e. The zero-order valence-corrected chi connectivity index (χ0v) is 14.0. The number of benzene rings is 1. The van der Waals surface area contributed by atoms with E-state index in [1.807, 2.05) is 0 Å². The van der Waals surface area contributed by atoms with E-state index < -0.39 is 5.97 Å². The molecular weight excluding hydrogens is 339 g/mol. The van der Waals surface area contributed by atoms with E-state index >= 15 is 0 Å². The van der Waals surface area contributed by atoms with Gasteiger partial charge in [0, 0.05) is 16.2 Å². The minimum absolute atomic E-state index is 0.189. The summed E-state index contributed by atoms with van der Waals surface area (Å²) in [6.07, 6.45) is 1.29. The van der Waals surface area contributed by atoms with Gasteiger partial charge >= 0.3 is 5.97 Å².